The molecule has 0 saturated carbocycles. The number of anilines is 1. The molecule has 4 nitrogen and oxygen atoms in total. The van der Waals surface area contributed by atoms with E-state index in [1.165, 1.54) is 12.8 Å². The molecule has 0 radical (unpaired) electrons. The number of amides is 1. The Bertz CT molecular complexity index is 472. The Morgan fingerprint density at radius 2 is 2.17 bits per heavy atom. The van der Waals surface area contributed by atoms with Crippen LogP contribution in [0.1, 0.15) is 25.3 Å². The van der Waals surface area contributed by atoms with Gasteiger partial charge in [0.05, 0.1) is 17.7 Å². The molecule has 1 aromatic carbocycles. The van der Waals surface area contributed by atoms with E-state index in [0.717, 1.165) is 13.1 Å². The number of carbonyl (C=O) groups excluding carboxylic acids is 1. The van der Waals surface area contributed by atoms with Crippen molar-refractivity contribution in [2.45, 2.75) is 25.8 Å². The summed E-state index contributed by atoms with van der Waals surface area (Å²) in [5.41, 5.74) is 1.24. The van der Waals surface area contributed by atoms with E-state index in [-0.39, 0.29) is 11.9 Å². The highest BCUT2D eigenvalue weighted by Crippen LogP contribution is 2.14. The average molecular weight is 243 g/mol. The fourth-order valence-corrected chi connectivity index (χ4v) is 2.21. The van der Waals surface area contributed by atoms with Crippen molar-refractivity contribution < 1.29 is 4.79 Å². The van der Waals surface area contributed by atoms with Gasteiger partial charge in [-0.1, -0.05) is 6.07 Å². The molecule has 0 spiro atoms. The van der Waals surface area contributed by atoms with Crippen molar-refractivity contribution in [1.29, 1.82) is 5.26 Å². The highest BCUT2D eigenvalue weighted by Gasteiger charge is 2.23. The molecular formula is C14H17N3O. The Balaban J connectivity index is 1.99. The number of carbonyl (C=O) groups is 1. The summed E-state index contributed by atoms with van der Waals surface area (Å²) in [6.07, 6.45) is 2.34. The Morgan fingerprint density at radius 1 is 1.44 bits per heavy atom. The zero-order chi connectivity index (χ0) is 13.0. The van der Waals surface area contributed by atoms with Gasteiger partial charge in [-0.3, -0.25) is 9.69 Å². The topological polar surface area (TPSA) is 56.1 Å². The zero-order valence-corrected chi connectivity index (χ0v) is 10.5. The van der Waals surface area contributed by atoms with Gasteiger partial charge < -0.3 is 5.32 Å². The van der Waals surface area contributed by atoms with Crippen LogP contribution < -0.4 is 5.32 Å². The van der Waals surface area contributed by atoms with E-state index in [9.17, 15) is 4.79 Å². The van der Waals surface area contributed by atoms with Gasteiger partial charge in [0.1, 0.15) is 0 Å². The van der Waals surface area contributed by atoms with E-state index >= 15 is 0 Å². The Labute approximate surface area is 107 Å². The largest absolute Gasteiger partial charge is 0.325 e. The maximum Gasteiger partial charge on any atom is 0.241 e. The maximum absolute atomic E-state index is 12.1. The maximum atomic E-state index is 12.1. The van der Waals surface area contributed by atoms with E-state index < -0.39 is 0 Å². The van der Waals surface area contributed by atoms with E-state index in [2.05, 4.69) is 16.3 Å². The van der Waals surface area contributed by atoms with Gasteiger partial charge in [-0.15, -0.1) is 0 Å². The van der Waals surface area contributed by atoms with Gasteiger partial charge in [-0.2, -0.15) is 5.26 Å². The summed E-state index contributed by atoms with van der Waals surface area (Å²) < 4.78 is 0. The average Bonchev–Trinajstić information content (AvgIpc) is 2.92. The first-order valence-electron chi connectivity index (χ1n) is 6.26. The lowest BCUT2D eigenvalue weighted by Gasteiger charge is -2.22. The molecule has 1 aliphatic rings. The second kappa shape index (κ2) is 5.65. The van der Waals surface area contributed by atoms with Crippen LogP contribution in [0.15, 0.2) is 24.3 Å². The first-order chi connectivity index (χ1) is 8.70. The highest BCUT2D eigenvalue weighted by atomic mass is 16.2. The third kappa shape index (κ3) is 2.88. The molecule has 0 aliphatic carbocycles. The molecule has 0 bridgehead atoms. The molecule has 1 aliphatic heterocycles. The summed E-state index contributed by atoms with van der Waals surface area (Å²) in [6.45, 7) is 3.91. The van der Waals surface area contributed by atoms with Crippen molar-refractivity contribution in [3.63, 3.8) is 0 Å². The first kappa shape index (κ1) is 12.6. The molecule has 1 saturated heterocycles. The molecule has 4 heteroatoms. The SMILES string of the molecule is CC(C(=O)Nc1cccc(C#N)c1)N1CCCC1. The molecule has 2 rings (SSSR count). The quantitative estimate of drug-likeness (QED) is 0.883. The van der Waals surface area contributed by atoms with Crippen molar-refractivity contribution in [3.8, 4) is 6.07 Å². The predicted molar refractivity (Wildman–Crippen MR) is 70.1 cm³/mol. The van der Waals surface area contributed by atoms with Gasteiger partial charge >= 0.3 is 0 Å². The van der Waals surface area contributed by atoms with Gasteiger partial charge in [0.2, 0.25) is 5.91 Å². The second-order valence-electron chi connectivity index (χ2n) is 4.60. The molecule has 1 fully saturated rings. The Hall–Kier alpha value is -1.86. The summed E-state index contributed by atoms with van der Waals surface area (Å²) in [4.78, 5) is 14.2. The van der Waals surface area contributed by atoms with Crippen molar-refractivity contribution in [1.82, 2.24) is 4.90 Å². The summed E-state index contributed by atoms with van der Waals surface area (Å²) in [5, 5.41) is 11.7. The van der Waals surface area contributed by atoms with Crippen LogP contribution in [0.2, 0.25) is 0 Å². The number of nitriles is 1. The fourth-order valence-electron chi connectivity index (χ4n) is 2.21. The normalized spacial score (nSPS) is 17.1. The smallest absolute Gasteiger partial charge is 0.241 e. The molecule has 1 N–H and O–H groups in total. The molecule has 94 valence electrons. The number of nitrogens with zero attached hydrogens (tertiary/aromatic N) is 2. The summed E-state index contributed by atoms with van der Waals surface area (Å²) in [7, 11) is 0. The summed E-state index contributed by atoms with van der Waals surface area (Å²) in [5.74, 6) is -0.00742. The van der Waals surface area contributed by atoms with Crippen molar-refractivity contribution in [2.24, 2.45) is 0 Å². The van der Waals surface area contributed by atoms with Gasteiger partial charge in [-0.05, 0) is 51.1 Å². The van der Waals surface area contributed by atoms with Crippen molar-refractivity contribution in [2.75, 3.05) is 18.4 Å². The molecule has 18 heavy (non-hydrogen) atoms. The van der Waals surface area contributed by atoms with E-state index in [1.54, 1.807) is 24.3 Å². The van der Waals surface area contributed by atoms with Crippen molar-refractivity contribution >= 4 is 11.6 Å². The standard InChI is InChI=1S/C14H17N3O/c1-11(17-7-2-3-8-17)14(18)16-13-6-4-5-12(9-13)10-15/h4-6,9,11H,2-3,7-8H2,1H3,(H,16,18). The number of nitrogens with one attached hydrogen (secondary N) is 1. The van der Waals surface area contributed by atoms with Gasteiger partial charge in [0.25, 0.3) is 0 Å². The molecule has 1 aromatic rings. The molecule has 1 unspecified atom stereocenters. The second-order valence-corrected chi connectivity index (χ2v) is 4.60. The minimum Gasteiger partial charge on any atom is -0.325 e. The number of hydrogen-bond acceptors (Lipinski definition) is 3. The third-order valence-electron chi connectivity index (χ3n) is 3.33. The third-order valence-corrected chi connectivity index (χ3v) is 3.33. The summed E-state index contributed by atoms with van der Waals surface area (Å²) >= 11 is 0. The predicted octanol–water partition coefficient (Wildman–Crippen LogP) is 1.98. The minimum atomic E-state index is -0.113. The Kier molecular flexibility index (Phi) is 3.96. The number of rotatable bonds is 3. The molecule has 1 amide bonds. The lowest BCUT2D eigenvalue weighted by molar-refractivity contribution is -0.120. The van der Waals surface area contributed by atoms with Gasteiger partial charge in [0.15, 0.2) is 0 Å². The van der Waals surface area contributed by atoms with Crippen LogP contribution in [-0.4, -0.2) is 29.9 Å². The van der Waals surface area contributed by atoms with Crippen LogP contribution in [-0.2, 0) is 4.79 Å². The van der Waals surface area contributed by atoms with Gasteiger partial charge in [0, 0.05) is 5.69 Å². The lowest BCUT2D eigenvalue weighted by Crippen LogP contribution is -2.40. The fraction of sp³-hybridized carbons (Fsp3) is 0.429. The van der Waals surface area contributed by atoms with Crippen LogP contribution in [0.5, 0.6) is 0 Å². The summed E-state index contributed by atoms with van der Waals surface area (Å²) in [6, 6.07) is 8.93. The minimum absolute atomic E-state index is 0.00742. The van der Waals surface area contributed by atoms with Crippen LogP contribution in [0.25, 0.3) is 0 Å². The van der Waals surface area contributed by atoms with Gasteiger partial charge in [-0.25, -0.2) is 0 Å². The number of likely N-dealkylation sites (tertiary alicyclic amines) is 1. The first-order valence-corrected chi connectivity index (χ1v) is 6.26. The van der Waals surface area contributed by atoms with Crippen molar-refractivity contribution in [3.05, 3.63) is 29.8 Å². The monoisotopic (exact) mass is 243 g/mol. The zero-order valence-electron chi connectivity index (χ0n) is 10.5. The van der Waals surface area contributed by atoms with Crippen LogP contribution in [0, 0.1) is 11.3 Å². The molecule has 1 heterocycles. The lowest BCUT2D eigenvalue weighted by atomic mass is 10.2. The molecular weight excluding hydrogens is 226 g/mol. The van der Waals surface area contributed by atoms with E-state index in [1.807, 2.05) is 6.92 Å². The van der Waals surface area contributed by atoms with Crippen LogP contribution in [0.3, 0.4) is 0 Å². The van der Waals surface area contributed by atoms with E-state index in [0.29, 0.717) is 11.3 Å². The molecule has 1 atom stereocenters. The number of benzene rings is 1. The Morgan fingerprint density at radius 3 is 2.83 bits per heavy atom. The van der Waals surface area contributed by atoms with Crippen LogP contribution >= 0.6 is 0 Å². The molecule has 0 aromatic heterocycles. The van der Waals surface area contributed by atoms with E-state index in [4.69, 9.17) is 5.26 Å². The highest BCUT2D eigenvalue weighted by molar-refractivity contribution is 5.94. The van der Waals surface area contributed by atoms with Crippen LogP contribution in [0.4, 0.5) is 5.69 Å². The number of hydrogen-bond donors (Lipinski definition) is 1.